The Morgan fingerprint density at radius 2 is 2.11 bits per heavy atom. The maximum atomic E-state index is 5.72. The number of nitrogens with two attached hydrogens (primary N) is 1. The molecule has 0 aliphatic heterocycles. The minimum absolute atomic E-state index is 0.202. The Morgan fingerprint density at radius 3 is 2.63 bits per heavy atom. The number of benzene rings is 1. The van der Waals surface area contributed by atoms with Crippen molar-refractivity contribution in [3.63, 3.8) is 0 Å². The molecule has 102 valence electrons. The molecule has 0 aliphatic carbocycles. The van der Waals surface area contributed by atoms with Gasteiger partial charge in [-0.3, -0.25) is 10.5 Å². The third-order valence-corrected chi connectivity index (χ3v) is 4.23. The van der Waals surface area contributed by atoms with Crippen LogP contribution in [0.1, 0.15) is 17.3 Å². The van der Waals surface area contributed by atoms with Crippen molar-refractivity contribution in [2.75, 3.05) is 7.11 Å². The first kappa shape index (κ1) is 14.5. The van der Waals surface area contributed by atoms with E-state index in [2.05, 4.69) is 42.4 Å². The summed E-state index contributed by atoms with van der Waals surface area (Å²) in [6, 6.07) is 5.56. The number of aromatic nitrogens is 2. The molecule has 1 unspecified atom stereocenters. The molecule has 0 aliphatic rings. The lowest BCUT2D eigenvalue weighted by Crippen LogP contribution is -2.31. The highest BCUT2D eigenvalue weighted by Crippen LogP contribution is 2.33. The molecule has 0 radical (unpaired) electrons. The molecule has 7 heteroatoms. The summed E-state index contributed by atoms with van der Waals surface area (Å²) in [6.07, 6.45) is 1.74. The summed E-state index contributed by atoms with van der Waals surface area (Å²) in [6.45, 7) is 0. The predicted molar refractivity (Wildman–Crippen MR) is 80.8 cm³/mol. The highest BCUT2D eigenvalue weighted by Gasteiger charge is 2.22. The normalized spacial score (nSPS) is 12.5. The summed E-state index contributed by atoms with van der Waals surface area (Å²) in [5.74, 6) is 6.50. The van der Waals surface area contributed by atoms with Gasteiger partial charge >= 0.3 is 0 Å². The summed E-state index contributed by atoms with van der Waals surface area (Å²) in [7, 11) is 3.51. The molecule has 0 amide bonds. The van der Waals surface area contributed by atoms with Crippen molar-refractivity contribution in [3.05, 3.63) is 44.6 Å². The zero-order chi connectivity index (χ0) is 14.0. The molecular weight excluding hydrogens is 376 g/mol. The molecule has 5 nitrogen and oxygen atoms in total. The fourth-order valence-corrected chi connectivity index (χ4v) is 2.98. The fraction of sp³-hybridized carbons (Fsp3) is 0.250. The Morgan fingerprint density at radius 1 is 1.37 bits per heavy atom. The van der Waals surface area contributed by atoms with E-state index in [1.54, 1.807) is 18.0 Å². The average Bonchev–Trinajstić information content (AvgIpc) is 2.73. The van der Waals surface area contributed by atoms with Crippen LogP contribution < -0.4 is 16.0 Å². The van der Waals surface area contributed by atoms with E-state index < -0.39 is 0 Å². The van der Waals surface area contributed by atoms with E-state index in [0.29, 0.717) is 0 Å². The van der Waals surface area contributed by atoms with E-state index in [0.717, 1.165) is 26.0 Å². The number of nitrogens with zero attached hydrogens (tertiary/aromatic N) is 2. The molecule has 2 aromatic rings. The average molecular weight is 390 g/mol. The quantitative estimate of drug-likeness (QED) is 0.622. The monoisotopic (exact) mass is 388 g/mol. The van der Waals surface area contributed by atoms with Crippen LogP contribution >= 0.6 is 31.9 Å². The molecule has 1 aromatic heterocycles. The molecule has 2 rings (SSSR count). The number of halogens is 2. The molecule has 0 fully saturated rings. The van der Waals surface area contributed by atoms with E-state index in [-0.39, 0.29) is 6.04 Å². The smallest absolute Gasteiger partial charge is 0.119 e. The van der Waals surface area contributed by atoms with Crippen LogP contribution in [0, 0.1) is 0 Å². The minimum Gasteiger partial charge on any atom is -0.497 e. The first-order valence-electron chi connectivity index (χ1n) is 5.55. The minimum atomic E-state index is -0.202. The van der Waals surface area contributed by atoms with E-state index in [4.69, 9.17) is 10.6 Å². The molecule has 0 spiro atoms. The fourth-order valence-electron chi connectivity index (χ4n) is 1.93. The van der Waals surface area contributed by atoms with Crippen LogP contribution in [0.25, 0.3) is 0 Å². The lowest BCUT2D eigenvalue weighted by Gasteiger charge is -2.19. The second kappa shape index (κ2) is 6.04. The van der Waals surface area contributed by atoms with Gasteiger partial charge in [-0.25, -0.2) is 5.43 Å². The van der Waals surface area contributed by atoms with Crippen molar-refractivity contribution in [2.45, 2.75) is 6.04 Å². The lowest BCUT2D eigenvalue weighted by molar-refractivity contribution is 0.413. The van der Waals surface area contributed by atoms with Crippen LogP contribution in [0.4, 0.5) is 0 Å². The zero-order valence-electron chi connectivity index (χ0n) is 10.5. The van der Waals surface area contributed by atoms with E-state index in [9.17, 15) is 0 Å². The zero-order valence-corrected chi connectivity index (χ0v) is 13.7. The largest absolute Gasteiger partial charge is 0.497 e. The molecule has 1 aromatic carbocycles. The highest BCUT2D eigenvalue weighted by atomic mass is 79.9. The Bertz CT molecular complexity index is 566. The first-order valence-corrected chi connectivity index (χ1v) is 7.14. The van der Waals surface area contributed by atoms with Gasteiger partial charge in [-0.2, -0.15) is 5.10 Å². The van der Waals surface area contributed by atoms with Gasteiger partial charge in [-0.05, 0) is 39.7 Å². The van der Waals surface area contributed by atoms with Crippen LogP contribution in [0.15, 0.2) is 33.3 Å². The number of hydrogen-bond donors (Lipinski definition) is 2. The number of aryl methyl sites for hydroxylation is 1. The Balaban J connectivity index is 2.54. The van der Waals surface area contributed by atoms with Gasteiger partial charge in [0.15, 0.2) is 0 Å². The summed E-state index contributed by atoms with van der Waals surface area (Å²) in [4.78, 5) is 0. The highest BCUT2D eigenvalue weighted by molar-refractivity contribution is 9.10. The number of ether oxygens (including phenoxy) is 1. The Labute approximate surface area is 128 Å². The van der Waals surface area contributed by atoms with E-state index in [1.165, 1.54) is 0 Å². The van der Waals surface area contributed by atoms with Gasteiger partial charge in [-0.1, -0.05) is 15.9 Å². The first-order chi connectivity index (χ1) is 9.08. The van der Waals surface area contributed by atoms with Crippen molar-refractivity contribution in [3.8, 4) is 5.75 Å². The third-order valence-electron chi connectivity index (χ3n) is 2.89. The van der Waals surface area contributed by atoms with Crippen LogP contribution in [0.5, 0.6) is 5.75 Å². The number of nitrogens with one attached hydrogen (secondary N) is 1. The summed E-state index contributed by atoms with van der Waals surface area (Å²) in [5.41, 5.74) is 4.74. The molecule has 1 heterocycles. The summed E-state index contributed by atoms with van der Waals surface area (Å²) >= 11 is 7.03. The van der Waals surface area contributed by atoms with Crippen LogP contribution in [-0.2, 0) is 7.05 Å². The topological polar surface area (TPSA) is 65.1 Å². The van der Waals surface area contributed by atoms with Crippen molar-refractivity contribution in [2.24, 2.45) is 12.9 Å². The Hall–Kier alpha value is -0.890. The molecule has 0 saturated heterocycles. The molecule has 0 saturated carbocycles. The second-order valence-corrected chi connectivity index (χ2v) is 5.70. The van der Waals surface area contributed by atoms with Crippen LogP contribution in [0.3, 0.4) is 0 Å². The van der Waals surface area contributed by atoms with Crippen molar-refractivity contribution in [1.29, 1.82) is 0 Å². The number of methoxy groups -OCH3 is 1. The lowest BCUT2D eigenvalue weighted by atomic mass is 10.0. The number of rotatable bonds is 4. The molecule has 1 atom stereocenters. The molecule has 3 N–H and O–H groups in total. The van der Waals surface area contributed by atoms with Gasteiger partial charge in [0, 0.05) is 11.5 Å². The van der Waals surface area contributed by atoms with E-state index in [1.807, 2.05) is 25.2 Å². The molecular formula is C12H14Br2N4O. The van der Waals surface area contributed by atoms with Gasteiger partial charge in [0.05, 0.1) is 29.5 Å². The van der Waals surface area contributed by atoms with Crippen molar-refractivity contribution in [1.82, 2.24) is 15.2 Å². The van der Waals surface area contributed by atoms with Crippen LogP contribution in [0.2, 0.25) is 0 Å². The van der Waals surface area contributed by atoms with E-state index >= 15 is 0 Å². The predicted octanol–water partition coefficient (Wildman–Crippen LogP) is 2.51. The van der Waals surface area contributed by atoms with Gasteiger partial charge in [0.25, 0.3) is 0 Å². The molecule has 19 heavy (non-hydrogen) atoms. The maximum Gasteiger partial charge on any atom is 0.119 e. The standard InChI is InChI=1S/C12H14Br2N4O/c1-18-12(10(14)6-16-18)11(17-15)8-5-7(19-2)3-4-9(8)13/h3-6,11,17H,15H2,1-2H3. The van der Waals surface area contributed by atoms with Crippen LogP contribution in [-0.4, -0.2) is 16.9 Å². The van der Waals surface area contributed by atoms with Gasteiger partial charge < -0.3 is 4.74 Å². The van der Waals surface area contributed by atoms with Crippen molar-refractivity contribution >= 4 is 31.9 Å². The third kappa shape index (κ3) is 2.84. The maximum absolute atomic E-state index is 5.72. The van der Waals surface area contributed by atoms with Gasteiger partial charge in [0.2, 0.25) is 0 Å². The Kier molecular flexibility index (Phi) is 4.62. The van der Waals surface area contributed by atoms with Gasteiger partial charge in [-0.15, -0.1) is 0 Å². The molecule has 0 bridgehead atoms. The van der Waals surface area contributed by atoms with Crippen molar-refractivity contribution < 1.29 is 4.74 Å². The summed E-state index contributed by atoms with van der Waals surface area (Å²) < 4.78 is 8.88. The summed E-state index contributed by atoms with van der Waals surface area (Å²) in [5, 5.41) is 4.21. The number of hydrogen-bond acceptors (Lipinski definition) is 4. The number of hydrazine groups is 1. The SMILES string of the molecule is COc1ccc(Br)c(C(NN)c2c(Br)cnn2C)c1. The second-order valence-electron chi connectivity index (χ2n) is 3.99. The van der Waals surface area contributed by atoms with Gasteiger partial charge in [0.1, 0.15) is 5.75 Å².